The van der Waals surface area contributed by atoms with Crippen LogP contribution in [0.3, 0.4) is 0 Å². The Morgan fingerprint density at radius 2 is 2.29 bits per heavy atom. The van der Waals surface area contributed by atoms with Crippen molar-refractivity contribution in [1.29, 1.82) is 0 Å². The minimum absolute atomic E-state index is 0.0713. The van der Waals surface area contributed by atoms with Gasteiger partial charge in [-0.1, -0.05) is 15.9 Å². The summed E-state index contributed by atoms with van der Waals surface area (Å²) in [6.07, 6.45) is 2.28. The molecule has 1 aliphatic rings. The van der Waals surface area contributed by atoms with E-state index in [1.807, 2.05) is 18.2 Å². The zero-order chi connectivity index (χ0) is 12.3. The van der Waals surface area contributed by atoms with Crippen molar-refractivity contribution in [3.8, 4) is 0 Å². The maximum absolute atomic E-state index is 12.3. The van der Waals surface area contributed by atoms with E-state index >= 15 is 0 Å². The molecule has 1 aromatic carbocycles. The highest BCUT2D eigenvalue weighted by Gasteiger charge is 2.25. The molecular formula is C13H15BrO3. The Labute approximate surface area is 109 Å². The van der Waals surface area contributed by atoms with E-state index in [1.165, 1.54) is 0 Å². The van der Waals surface area contributed by atoms with Crippen LogP contribution in [0.25, 0.3) is 0 Å². The number of aryl methyl sites for hydroxylation is 1. The van der Waals surface area contributed by atoms with E-state index in [2.05, 4.69) is 15.9 Å². The van der Waals surface area contributed by atoms with Gasteiger partial charge < -0.3 is 9.47 Å². The van der Waals surface area contributed by atoms with Gasteiger partial charge in [-0.3, -0.25) is 4.79 Å². The molecule has 2 rings (SSSR count). The topological polar surface area (TPSA) is 35.5 Å². The number of methoxy groups -OCH3 is 1. The van der Waals surface area contributed by atoms with Gasteiger partial charge in [0.15, 0.2) is 5.78 Å². The molecule has 0 aromatic heterocycles. The summed E-state index contributed by atoms with van der Waals surface area (Å²) in [7, 11) is 1.56. The molecule has 3 nitrogen and oxygen atoms in total. The average Bonchev–Trinajstić information content (AvgIpc) is 2.46. The highest BCUT2D eigenvalue weighted by molar-refractivity contribution is 9.10. The maximum Gasteiger partial charge on any atom is 0.191 e. The monoisotopic (exact) mass is 298 g/mol. The van der Waals surface area contributed by atoms with E-state index in [4.69, 9.17) is 9.47 Å². The fraction of sp³-hybridized carbons (Fsp3) is 0.462. The Kier molecular flexibility index (Phi) is 4.31. The lowest BCUT2D eigenvalue weighted by Gasteiger charge is -2.14. The molecule has 92 valence electrons. The second kappa shape index (κ2) is 5.76. The van der Waals surface area contributed by atoms with Crippen molar-refractivity contribution in [3.05, 3.63) is 33.8 Å². The molecule has 0 N–H and O–H groups in total. The molecule has 0 radical (unpaired) electrons. The number of rotatable bonds is 3. The molecule has 0 amide bonds. The molecule has 0 saturated carbocycles. The molecule has 1 aromatic rings. The first-order chi connectivity index (χ1) is 8.22. The molecule has 0 spiro atoms. The van der Waals surface area contributed by atoms with Crippen molar-refractivity contribution in [2.45, 2.75) is 25.4 Å². The summed E-state index contributed by atoms with van der Waals surface area (Å²) in [6, 6.07) is 5.79. The second-order valence-corrected chi connectivity index (χ2v) is 5.04. The standard InChI is InChI=1S/C13H15BrO3/c1-16-8-17-12-4-2-3-9-7-10(14)5-6-11(9)13(12)15/h5-7,12H,2-4,8H2,1H3. The highest BCUT2D eigenvalue weighted by atomic mass is 79.9. The van der Waals surface area contributed by atoms with Crippen molar-refractivity contribution in [3.63, 3.8) is 0 Å². The number of ketones is 1. The molecule has 0 bridgehead atoms. The van der Waals surface area contributed by atoms with Gasteiger partial charge in [0.05, 0.1) is 0 Å². The van der Waals surface area contributed by atoms with Gasteiger partial charge in [-0.05, 0) is 43.0 Å². The number of ether oxygens (including phenoxy) is 2. The fourth-order valence-electron chi connectivity index (χ4n) is 2.10. The maximum atomic E-state index is 12.3. The highest BCUT2D eigenvalue weighted by Crippen LogP contribution is 2.25. The van der Waals surface area contributed by atoms with Gasteiger partial charge in [0, 0.05) is 17.1 Å². The van der Waals surface area contributed by atoms with Crippen molar-refractivity contribution < 1.29 is 14.3 Å². The summed E-state index contributed by atoms with van der Waals surface area (Å²) in [5, 5.41) is 0. The van der Waals surface area contributed by atoms with E-state index in [9.17, 15) is 4.79 Å². The fourth-order valence-corrected chi connectivity index (χ4v) is 2.51. The third-order valence-corrected chi connectivity index (χ3v) is 3.42. The third kappa shape index (κ3) is 2.94. The lowest BCUT2D eigenvalue weighted by Crippen LogP contribution is -2.24. The van der Waals surface area contributed by atoms with Gasteiger partial charge in [0.2, 0.25) is 0 Å². The molecule has 1 unspecified atom stereocenters. The van der Waals surface area contributed by atoms with E-state index in [0.717, 1.165) is 34.9 Å². The van der Waals surface area contributed by atoms with Crippen LogP contribution in [-0.4, -0.2) is 25.8 Å². The number of Topliss-reactive ketones (excluding diaryl/α,β-unsaturated/α-hetero) is 1. The van der Waals surface area contributed by atoms with Gasteiger partial charge in [0.1, 0.15) is 12.9 Å². The Bertz CT molecular complexity index is 417. The molecule has 4 heteroatoms. The Morgan fingerprint density at radius 1 is 1.47 bits per heavy atom. The van der Waals surface area contributed by atoms with E-state index < -0.39 is 0 Å². The Hall–Kier alpha value is -0.710. The summed E-state index contributed by atoms with van der Waals surface area (Å²) in [6.45, 7) is 0.169. The van der Waals surface area contributed by atoms with Gasteiger partial charge in [-0.2, -0.15) is 0 Å². The predicted molar refractivity (Wildman–Crippen MR) is 68.2 cm³/mol. The molecule has 17 heavy (non-hydrogen) atoms. The summed E-state index contributed by atoms with van der Waals surface area (Å²) in [4.78, 5) is 12.3. The molecule has 1 atom stereocenters. The summed E-state index contributed by atoms with van der Waals surface area (Å²) in [5.74, 6) is 0.0713. The van der Waals surface area contributed by atoms with Crippen LogP contribution in [0.5, 0.6) is 0 Å². The Morgan fingerprint density at radius 3 is 3.06 bits per heavy atom. The minimum Gasteiger partial charge on any atom is -0.359 e. The summed E-state index contributed by atoms with van der Waals surface area (Å²) < 4.78 is 11.3. The van der Waals surface area contributed by atoms with Crippen LogP contribution in [-0.2, 0) is 15.9 Å². The third-order valence-electron chi connectivity index (χ3n) is 2.92. The average molecular weight is 299 g/mol. The molecule has 1 aliphatic carbocycles. The first-order valence-corrected chi connectivity index (χ1v) is 6.45. The number of benzene rings is 1. The zero-order valence-electron chi connectivity index (χ0n) is 9.74. The van der Waals surface area contributed by atoms with Gasteiger partial charge in [-0.25, -0.2) is 0 Å². The van der Waals surface area contributed by atoms with Crippen molar-refractivity contribution in [2.24, 2.45) is 0 Å². The number of hydrogen-bond donors (Lipinski definition) is 0. The van der Waals surface area contributed by atoms with E-state index in [0.29, 0.717) is 0 Å². The molecular weight excluding hydrogens is 284 g/mol. The SMILES string of the molecule is COCOC1CCCc2cc(Br)ccc2C1=O. The first-order valence-electron chi connectivity index (χ1n) is 5.65. The van der Waals surface area contributed by atoms with E-state index in [-0.39, 0.29) is 18.7 Å². The predicted octanol–water partition coefficient (Wildman–Crippen LogP) is 2.96. The first kappa shape index (κ1) is 12.7. The lowest BCUT2D eigenvalue weighted by molar-refractivity contribution is -0.0617. The number of carbonyl (C=O) groups is 1. The van der Waals surface area contributed by atoms with Crippen LogP contribution in [0.1, 0.15) is 28.8 Å². The lowest BCUT2D eigenvalue weighted by atomic mass is 10.0. The molecule has 0 heterocycles. The summed E-state index contributed by atoms with van der Waals surface area (Å²) >= 11 is 3.43. The minimum atomic E-state index is -0.364. The van der Waals surface area contributed by atoms with Crippen LogP contribution in [0.15, 0.2) is 22.7 Å². The quantitative estimate of drug-likeness (QED) is 0.636. The van der Waals surface area contributed by atoms with Crippen molar-refractivity contribution in [1.82, 2.24) is 0 Å². The normalized spacial score (nSPS) is 19.9. The van der Waals surface area contributed by atoms with Gasteiger partial charge in [0.25, 0.3) is 0 Å². The smallest absolute Gasteiger partial charge is 0.191 e. The zero-order valence-corrected chi connectivity index (χ0v) is 11.3. The molecule has 0 aliphatic heterocycles. The molecule has 0 saturated heterocycles. The van der Waals surface area contributed by atoms with Crippen LogP contribution in [0.4, 0.5) is 0 Å². The van der Waals surface area contributed by atoms with Gasteiger partial charge in [-0.15, -0.1) is 0 Å². The van der Waals surface area contributed by atoms with Crippen LogP contribution in [0.2, 0.25) is 0 Å². The van der Waals surface area contributed by atoms with Crippen LogP contribution < -0.4 is 0 Å². The van der Waals surface area contributed by atoms with Crippen molar-refractivity contribution >= 4 is 21.7 Å². The van der Waals surface area contributed by atoms with Gasteiger partial charge >= 0.3 is 0 Å². The van der Waals surface area contributed by atoms with Crippen LogP contribution in [0, 0.1) is 0 Å². The summed E-state index contributed by atoms with van der Waals surface area (Å²) in [5.41, 5.74) is 1.89. The van der Waals surface area contributed by atoms with Crippen LogP contribution >= 0.6 is 15.9 Å². The Balaban J connectivity index is 2.24. The number of hydrogen-bond acceptors (Lipinski definition) is 3. The molecule has 0 fully saturated rings. The number of carbonyl (C=O) groups excluding carboxylic acids is 1. The van der Waals surface area contributed by atoms with E-state index in [1.54, 1.807) is 7.11 Å². The number of halogens is 1. The second-order valence-electron chi connectivity index (χ2n) is 4.12. The van der Waals surface area contributed by atoms with Crippen molar-refractivity contribution in [2.75, 3.05) is 13.9 Å². The largest absolute Gasteiger partial charge is 0.359 e. The number of fused-ring (bicyclic) bond motifs is 1.